The van der Waals surface area contributed by atoms with Crippen LogP contribution in [0.15, 0.2) is 24.4 Å². The average Bonchev–Trinajstić information content (AvgIpc) is 3.22. The number of aryl methyl sites for hydroxylation is 1. The molecule has 1 N–H and O–H groups in total. The molecule has 1 aliphatic rings. The maximum atomic E-state index is 12.3. The van der Waals surface area contributed by atoms with Crippen molar-refractivity contribution in [2.45, 2.75) is 30.9 Å². The molecule has 12 heteroatoms. The molecule has 0 amide bonds. The number of halogens is 3. The molecule has 0 aliphatic heterocycles. The van der Waals surface area contributed by atoms with Crippen molar-refractivity contribution in [3.05, 3.63) is 29.4 Å². The first-order valence-corrected chi connectivity index (χ1v) is 9.43. The average molecular weight is 422 g/mol. The van der Waals surface area contributed by atoms with Gasteiger partial charge in [-0.25, -0.2) is 19.6 Å². The monoisotopic (exact) mass is 422 g/mol. The van der Waals surface area contributed by atoms with Gasteiger partial charge in [0.15, 0.2) is 5.65 Å². The molecule has 0 radical (unpaired) electrons. The molecule has 29 heavy (non-hydrogen) atoms. The van der Waals surface area contributed by atoms with Crippen LogP contribution in [0, 0.1) is 0 Å². The summed E-state index contributed by atoms with van der Waals surface area (Å²) < 4.78 is 42.5. The van der Waals surface area contributed by atoms with Gasteiger partial charge in [0.1, 0.15) is 26.5 Å². The van der Waals surface area contributed by atoms with Gasteiger partial charge >= 0.3 is 6.36 Å². The third-order valence-electron chi connectivity index (χ3n) is 4.82. The Bertz CT molecular complexity index is 1230. The molecule has 0 spiro atoms. The number of hydrogen-bond donors (Lipinski definition) is 1. The number of ether oxygens (including phenoxy) is 1. The van der Waals surface area contributed by atoms with Crippen LogP contribution < -0.4 is 0 Å². The highest BCUT2D eigenvalue weighted by atomic mass is 32.1. The van der Waals surface area contributed by atoms with E-state index in [1.807, 2.05) is 6.07 Å². The largest absolute Gasteiger partial charge is 0.522 e. The van der Waals surface area contributed by atoms with Gasteiger partial charge in [-0.15, -0.1) is 18.3 Å². The number of alkyl halides is 3. The lowest BCUT2D eigenvalue weighted by atomic mass is 9.78. The number of pyridine rings is 2. The molecule has 8 nitrogen and oxygen atoms in total. The summed E-state index contributed by atoms with van der Waals surface area (Å²) in [6.07, 6.45) is -4.44. The second-order valence-electron chi connectivity index (χ2n) is 6.94. The van der Waals surface area contributed by atoms with E-state index in [0.29, 0.717) is 32.2 Å². The highest BCUT2D eigenvalue weighted by molar-refractivity contribution is 7.18. The number of rotatable bonds is 3. The SMILES string of the molecule is Cn1nnc2cc(-c3ccc4nc(C5(O)CC(OC(F)(F)F)C5)sc4n3)cnc21. The molecule has 1 aliphatic carbocycles. The van der Waals surface area contributed by atoms with Crippen LogP contribution in [-0.4, -0.2) is 47.5 Å². The first-order chi connectivity index (χ1) is 13.7. The molecular weight excluding hydrogens is 409 g/mol. The number of hydrogen-bond acceptors (Lipinski definition) is 8. The van der Waals surface area contributed by atoms with E-state index in [2.05, 4.69) is 30.0 Å². The van der Waals surface area contributed by atoms with Crippen molar-refractivity contribution in [2.24, 2.45) is 7.05 Å². The standard InChI is InChI=1S/C17H13F3N6O2S/c1-26-13-12(24-25-26)4-8(7-21-13)10-2-3-11-14(22-10)29-15(23-11)16(27)5-9(6-16)28-17(18,19)20/h2-4,7,9,27H,5-6H2,1H3. The van der Waals surface area contributed by atoms with Crippen LogP contribution in [-0.2, 0) is 17.4 Å². The number of nitrogens with zero attached hydrogens (tertiary/aromatic N) is 6. The van der Waals surface area contributed by atoms with E-state index in [1.165, 1.54) is 0 Å². The summed E-state index contributed by atoms with van der Waals surface area (Å²) in [4.78, 5) is 13.8. The second kappa shape index (κ2) is 6.15. The van der Waals surface area contributed by atoms with Crippen molar-refractivity contribution in [3.8, 4) is 11.3 Å². The molecule has 1 fully saturated rings. The topological polar surface area (TPSA) is 98.8 Å². The van der Waals surface area contributed by atoms with Crippen LogP contribution >= 0.6 is 11.3 Å². The lowest BCUT2D eigenvalue weighted by molar-refractivity contribution is -0.364. The Kier molecular flexibility index (Phi) is 3.89. The quantitative estimate of drug-likeness (QED) is 0.542. The normalized spacial score (nSPS) is 22.3. The number of aromatic nitrogens is 6. The summed E-state index contributed by atoms with van der Waals surface area (Å²) in [6.45, 7) is 0. The summed E-state index contributed by atoms with van der Waals surface area (Å²) in [5, 5.41) is 18.9. The van der Waals surface area contributed by atoms with E-state index < -0.39 is 18.1 Å². The van der Waals surface area contributed by atoms with Gasteiger partial charge in [-0.1, -0.05) is 16.6 Å². The van der Waals surface area contributed by atoms with Crippen LogP contribution in [0.5, 0.6) is 0 Å². The van der Waals surface area contributed by atoms with Gasteiger partial charge in [0, 0.05) is 31.6 Å². The Morgan fingerprint density at radius 2 is 2.03 bits per heavy atom. The fourth-order valence-electron chi connectivity index (χ4n) is 3.38. The molecule has 0 atom stereocenters. The van der Waals surface area contributed by atoms with E-state index in [0.717, 1.165) is 16.9 Å². The van der Waals surface area contributed by atoms with Crippen molar-refractivity contribution in [1.82, 2.24) is 29.9 Å². The van der Waals surface area contributed by atoms with Crippen molar-refractivity contribution < 1.29 is 23.0 Å². The molecule has 0 unspecified atom stereocenters. The summed E-state index contributed by atoms with van der Waals surface area (Å²) in [7, 11) is 1.75. The van der Waals surface area contributed by atoms with Crippen LogP contribution in [0.25, 0.3) is 32.8 Å². The molecule has 4 aromatic rings. The minimum absolute atomic E-state index is 0.160. The maximum Gasteiger partial charge on any atom is 0.522 e. The Morgan fingerprint density at radius 3 is 2.79 bits per heavy atom. The van der Waals surface area contributed by atoms with E-state index in [4.69, 9.17) is 0 Å². The lowest BCUT2D eigenvalue weighted by Crippen LogP contribution is -2.47. The van der Waals surface area contributed by atoms with Crippen molar-refractivity contribution in [2.75, 3.05) is 0 Å². The summed E-state index contributed by atoms with van der Waals surface area (Å²) in [5.41, 5.74) is 1.81. The summed E-state index contributed by atoms with van der Waals surface area (Å²) in [5.74, 6) is 0. The number of aliphatic hydroxyl groups is 1. The Balaban J connectivity index is 1.43. The van der Waals surface area contributed by atoms with Gasteiger partial charge in [-0.2, -0.15) is 0 Å². The van der Waals surface area contributed by atoms with Gasteiger partial charge in [-0.05, 0) is 18.2 Å². The first kappa shape index (κ1) is 18.3. The fraction of sp³-hybridized carbons (Fsp3) is 0.353. The Morgan fingerprint density at radius 1 is 1.24 bits per heavy atom. The van der Waals surface area contributed by atoms with E-state index in [1.54, 1.807) is 30.1 Å². The summed E-state index contributed by atoms with van der Waals surface area (Å²) >= 11 is 1.16. The van der Waals surface area contributed by atoms with Crippen LogP contribution in [0.4, 0.5) is 13.2 Å². The summed E-state index contributed by atoms with van der Waals surface area (Å²) in [6, 6.07) is 5.35. The van der Waals surface area contributed by atoms with Gasteiger partial charge in [-0.3, -0.25) is 4.74 Å². The third-order valence-corrected chi connectivity index (χ3v) is 5.98. The molecule has 0 aromatic carbocycles. The van der Waals surface area contributed by atoms with E-state index in [-0.39, 0.29) is 12.8 Å². The molecule has 0 bridgehead atoms. The van der Waals surface area contributed by atoms with Crippen molar-refractivity contribution in [3.63, 3.8) is 0 Å². The highest BCUT2D eigenvalue weighted by Gasteiger charge is 2.51. The number of thiazole rings is 1. The minimum atomic E-state index is -4.71. The van der Waals surface area contributed by atoms with Gasteiger partial charge in [0.25, 0.3) is 0 Å². The molecule has 1 saturated carbocycles. The molecule has 0 saturated heterocycles. The van der Waals surface area contributed by atoms with Crippen molar-refractivity contribution in [1.29, 1.82) is 0 Å². The van der Waals surface area contributed by atoms with E-state index in [9.17, 15) is 18.3 Å². The predicted molar refractivity (Wildman–Crippen MR) is 96.8 cm³/mol. The zero-order valence-electron chi connectivity index (χ0n) is 14.9. The zero-order valence-corrected chi connectivity index (χ0v) is 15.7. The minimum Gasteiger partial charge on any atom is -0.382 e. The van der Waals surface area contributed by atoms with Crippen LogP contribution in [0.2, 0.25) is 0 Å². The van der Waals surface area contributed by atoms with Gasteiger partial charge < -0.3 is 5.11 Å². The maximum absolute atomic E-state index is 12.3. The van der Waals surface area contributed by atoms with Crippen LogP contribution in [0.3, 0.4) is 0 Å². The van der Waals surface area contributed by atoms with Gasteiger partial charge in [0.2, 0.25) is 0 Å². The first-order valence-electron chi connectivity index (χ1n) is 8.61. The smallest absolute Gasteiger partial charge is 0.382 e. The Hall–Kier alpha value is -2.70. The third kappa shape index (κ3) is 3.22. The van der Waals surface area contributed by atoms with Crippen LogP contribution in [0.1, 0.15) is 17.8 Å². The second-order valence-corrected chi connectivity index (χ2v) is 7.92. The molecule has 4 aromatic heterocycles. The number of fused-ring (bicyclic) bond motifs is 2. The highest BCUT2D eigenvalue weighted by Crippen LogP contribution is 2.46. The molecular formula is C17H13F3N6O2S. The predicted octanol–water partition coefficient (Wildman–Crippen LogP) is 2.92. The van der Waals surface area contributed by atoms with Gasteiger partial charge in [0.05, 0.1) is 11.8 Å². The lowest BCUT2D eigenvalue weighted by Gasteiger charge is -2.41. The Labute approximate surface area is 165 Å². The fourth-order valence-corrected chi connectivity index (χ4v) is 4.43. The zero-order chi connectivity index (χ0) is 20.4. The molecule has 150 valence electrons. The molecule has 5 rings (SSSR count). The van der Waals surface area contributed by atoms with Crippen molar-refractivity contribution >= 4 is 32.8 Å². The van der Waals surface area contributed by atoms with E-state index >= 15 is 0 Å². The molecule has 4 heterocycles.